The summed E-state index contributed by atoms with van der Waals surface area (Å²) in [5.74, 6) is 0.456. The second-order valence-electron chi connectivity index (χ2n) is 14.7. The van der Waals surface area contributed by atoms with Crippen LogP contribution in [-0.4, -0.2) is 122 Å². The van der Waals surface area contributed by atoms with E-state index in [0.717, 1.165) is 30.4 Å². The van der Waals surface area contributed by atoms with Crippen LogP contribution in [0.1, 0.15) is 116 Å². The van der Waals surface area contributed by atoms with Crippen LogP contribution in [0.2, 0.25) is 0 Å². The first-order valence-electron chi connectivity index (χ1n) is 18.2. The summed E-state index contributed by atoms with van der Waals surface area (Å²) in [6.45, 7) is 4.17. The molecular formula is C36H75N3O10S2+2. The van der Waals surface area contributed by atoms with Gasteiger partial charge in [-0.25, -0.2) is 4.79 Å². The largest absolute Gasteiger partial charge is 0.414 e. The van der Waals surface area contributed by atoms with Gasteiger partial charge in [0, 0.05) is 26.6 Å². The summed E-state index contributed by atoms with van der Waals surface area (Å²) in [6, 6.07) is 7.55. The summed E-state index contributed by atoms with van der Waals surface area (Å²) in [7, 11) is 6.70. The van der Waals surface area contributed by atoms with E-state index in [9.17, 15) is 21.6 Å². The highest BCUT2D eigenvalue weighted by molar-refractivity contribution is 7.85. The van der Waals surface area contributed by atoms with Crippen LogP contribution in [0.15, 0.2) is 24.3 Å². The van der Waals surface area contributed by atoms with Crippen LogP contribution in [0.3, 0.4) is 0 Å². The molecule has 304 valence electrons. The van der Waals surface area contributed by atoms with Crippen molar-refractivity contribution in [2.24, 2.45) is 0 Å². The molecule has 4 N–H and O–H groups in total. The molecule has 0 heterocycles. The number of amides is 1. The highest BCUT2D eigenvalue weighted by Crippen LogP contribution is 2.23. The van der Waals surface area contributed by atoms with Gasteiger partial charge in [-0.1, -0.05) is 103 Å². The number of unbranched alkanes of at least 4 members (excludes halogenated alkanes) is 15. The maximum Gasteiger partial charge on any atom is 0.414 e. The lowest BCUT2D eigenvalue weighted by Crippen LogP contribution is -2.41. The summed E-state index contributed by atoms with van der Waals surface area (Å²) in [5.41, 5.74) is 1.09. The summed E-state index contributed by atoms with van der Waals surface area (Å²) >= 11 is 0. The Hall–Kier alpha value is -1.85. The molecule has 0 aliphatic heterocycles. The fourth-order valence-electron chi connectivity index (χ4n) is 5.03. The van der Waals surface area contributed by atoms with Gasteiger partial charge < -0.3 is 19.6 Å². The van der Waals surface area contributed by atoms with Gasteiger partial charge in [-0.3, -0.25) is 17.8 Å². The lowest BCUT2D eigenvalue weighted by atomic mass is 10.0. The van der Waals surface area contributed by atoms with E-state index in [-0.39, 0.29) is 17.3 Å². The van der Waals surface area contributed by atoms with Crippen molar-refractivity contribution in [1.82, 2.24) is 9.38 Å². The van der Waals surface area contributed by atoms with Crippen LogP contribution in [0.25, 0.3) is 0 Å². The topological polar surface area (TPSA) is 179 Å². The monoisotopic (exact) mass is 773 g/mol. The fraction of sp³-hybridized carbons (Fsp3) is 0.806. The molecule has 1 aromatic carbocycles. The average Bonchev–Trinajstić information content (AvgIpc) is 3.00. The van der Waals surface area contributed by atoms with Crippen LogP contribution in [-0.2, 0) is 24.7 Å². The third kappa shape index (κ3) is 37.7. The van der Waals surface area contributed by atoms with Gasteiger partial charge in [0.15, 0.2) is 0 Å². The smallest absolute Gasteiger partial charge is 0.412 e. The normalized spacial score (nSPS) is 11.7. The Morgan fingerprint density at radius 1 is 0.706 bits per heavy atom. The van der Waals surface area contributed by atoms with Crippen LogP contribution >= 0.6 is 0 Å². The molecule has 1 aromatic rings. The van der Waals surface area contributed by atoms with Gasteiger partial charge in [0.25, 0.3) is 10.1 Å². The summed E-state index contributed by atoms with van der Waals surface area (Å²) < 4.78 is 66.8. The number of hydrogen-bond acceptors (Lipinski definition) is 7. The summed E-state index contributed by atoms with van der Waals surface area (Å²) in [4.78, 5) is 12.8. The third-order valence-corrected chi connectivity index (χ3v) is 9.38. The Bertz CT molecular complexity index is 1220. The van der Waals surface area contributed by atoms with Gasteiger partial charge in [-0.15, -0.1) is 0 Å². The van der Waals surface area contributed by atoms with E-state index >= 15 is 0 Å². The highest BCUT2D eigenvalue weighted by atomic mass is 32.3. The molecule has 0 atom stereocenters. The molecule has 0 unspecified atom stereocenters. The van der Waals surface area contributed by atoms with E-state index in [1.165, 1.54) is 108 Å². The van der Waals surface area contributed by atoms with Crippen LogP contribution in [0, 0.1) is 0 Å². The lowest BCUT2D eigenvalue weighted by Gasteiger charge is -2.29. The highest BCUT2D eigenvalue weighted by Gasteiger charge is 2.16. The maximum absolute atomic E-state index is 11.4. The molecule has 0 saturated heterocycles. The van der Waals surface area contributed by atoms with E-state index in [1.807, 2.05) is 18.2 Å². The van der Waals surface area contributed by atoms with E-state index in [0.29, 0.717) is 16.7 Å². The molecule has 13 nitrogen and oxygen atoms in total. The second kappa shape index (κ2) is 29.6. The molecule has 51 heavy (non-hydrogen) atoms. The average molecular weight is 774 g/mol. The Kier molecular flexibility index (Phi) is 31.0. The number of nitrogens with zero attached hydrogens (tertiary/aromatic N) is 3. The molecule has 1 amide bonds. The molecule has 1 rings (SSSR count). The number of hydrogen-bond donors (Lipinski definition) is 2. The Morgan fingerprint density at radius 2 is 1.10 bits per heavy atom. The predicted octanol–water partition coefficient (Wildman–Crippen LogP) is 7.16. The number of ether oxygens (including phenoxy) is 1. The first kappa shape index (κ1) is 53.5. The summed E-state index contributed by atoms with van der Waals surface area (Å²) in [5, 5.41) is 0. The van der Waals surface area contributed by atoms with Gasteiger partial charge >= 0.3 is 16.5 Å². The molecule has 15 heteroatoms. The first-order valence-corrected chi connectivity index (χ1v) is 21.2. The van der Waals surface area contributed by atoms with E-state index in [1.54, 1.807) is 20.2 Å². The molecule has 0 aromatic heterocycles. The van der Waals surface area contributed by atoms with Crippen molar-refractivity contribution in [1.29, 1.82) is 0 Å². The van der Waals surface area contributed by atoms with Crippen molar-refractivity contribution < 1.29 is 49.6 Å². The zero-order valence-electron chi connectivity index (χ0n) is 33.4. The minimum Gasteiger partial charge on any atom is -0.412 e. The Morgan fingerprint density at radius 3 is 1.45 bits per heavy atom. The standard InChI is InChI=1S/C23H49NO3S.C12H19N2O2.CH4O4S.H2O/c1-4-5-6-7-8-9-10-11-12-13-14-15-16-17-18-19-21-24(2,3)22-20-23-28(25,26)27;1-13(2)12(15)16-11-8-6-7-10(9-11)14(3,4)5;1-5-6(2,3)4;/h4-23H2,1-3H3;6-9H,1-5H3;1H3,(H,2,3,4);1H2/q;+1;;/p+1. The van der Waals surface area contributed by atoms with E-state index in [4.69, 9.17) is 13.8 Å². The van der Waals surface area contributed by atoms with Crippen molar-refractivity contribution >= 4 is 32.3 Å². The fourth-order valence-corrected chi connectivity index (χ4v) is 5.52. The molecule has 0 aliphatic rings. The Labute approximate surface area is 311 Å². The SMILES string of the molecule is CCCCCCCCCCCCCCCCCC[N+](C)(C)CCCS(=O)(=O)O.CN(C)C(=O)Oc1cccc([N+](C)(C)C)c1.COS(=O)(=O)O.O. The molecule has 0 fully saturated rings. The van der Waals surface area contributed by atoms with Gasteiger partial charge in [0.1, 0.15) is 11.4 Å². The van der Waals surface area contributed by atoms with Crippen LogP contribution in [0.4, 0.5) is 10.5 Å². The first-order chi connectivity index (χ1) is 23.1. The van der Waals surface area contributed by atoms with Gasteiger partial charge in [-0.05, 0) is 25.0 Å². The zero-order valence-corrected chi connectivity index (χ0v) is 35.0. The molecule has 0 radical (unpaired) electrons. The van der Waals surface area contributed by atoms with Gasteiger partial charge in [0.05, 0.1) is 61.2 Å². The van der Waals surface area contributed by atoms with Gasteiger partial charge in [0.2, 0.25) is 0 Å². The zero-order chi connectivity index (χ0) is 38.7. The lowest BCUT2D eigenvalue weighted by molar-refractivity contribution is -0.890. The van der Waals surface area contributed by atoms with Gasteiger partial charge in [-0.2, -0.15) is 16.8 Å². The number of carbonyl (C=O) groups is 1. The molecule has 0 bridgehead atoms. The predicted molar refractivity (Wildman–Crippen MR) is 210 cm³/mol. The molecule has 0 spiro atoms. The summed E-state index contributed by atoms with van der Waals surface area (Å²) in [6.07, 6.45) is 22.3. The Balaban J connectivity index is -0.000000836. The number of benzene rings is 1. The van der Waals surface area contributed by atoms with Crippen LogP contribution < -0.4 is 9.22 Å². The number of rotatable bonds is 24. The molecule has 0 aliphatic carbocycles. The van der Waals surface area contributed by atoms with E-state index < -0.39 is 20.5 Å². The maximum atomic E-state index is 11.4. The minimum atomic E-state index is -4.16. The third-order valence-electron chi connectivity index (χ3n) is 8.16. The van der Waals surface area contributed by atoms with Crippen LogP contribution in [0.5, 0.6) is 5.75 Å². The van der Waals surface area contributed by atoms with Crippen molar-refractivity contribution in [2.75, 3.05) is 75.3 Å². The quantitative estimate of drug-likeness (QED) is 0.0627. The van der Waals surface area contributed by atoms with E-state index in [2.05, 4.69) is 46.3 Å². The van der Waals surface area contributed by atoms with Crippen molar-refractivity contribution in [2.45, 2.75) is 116 Å². The van der Waals surface area contributed by atoms with Crippen molar-refractivity contribution in [3.8, 4) is 5.75 Å². The molecule has 0 saturated carbocycles. The van der Waals surface area contributed by atoms with Crippen molar-refractivity contribution in [3.05, 3.63) is 24.3 Å². The molecular weight excluding hydrogens is 699 g/mol. The van der Waals surface area contributed by atoms with Crippen molar-refractivity contribution in [3.63, 3.8) is 0 Å². The minimum absolute atomic E-state index is 0. The number of quaternary nitrogens is 2. The number of carbonyl (C=O) groups excluding carboxylic acids is 1. The second-order valence-corrected chi connectivity index (χ2v) is 17.5.